The summed E-state index contributed by atoms with van der Waals surface area (Å²) in [4.78, 5) is 22.6. The lowest BCUT2D eigenvalue weighted by atomic mass is 10.1. The van der Waals surface area contributed by atoms with Crippen LogP contribution in [0.1, 0.15) is 17.4 Å². The van der Waals surface area contributed by atoms with Crippen molar-refractivity contribution in [3.8, 4) is 22.8 Å². The monoisotopic (exact) mass is 337 g/mol. The topological polar surface area (TPSA) is 68.5 Å². The molecule has 25 heavy (non-hydrogen) atoms. The molecule has 0 N–H and O–H groups in total. The van der Waals surface area contributed by atoms with Gasteiger partial charge in [-0.2, -0.15) is 0 Å². The number of hydrogen-bond acceptors (Lipinski definition) is 6. The van der Waals surface area contributed by atoms with Crippen LogP contribution in [0.4, 0.5) is 5.69 Å². The van der Waals surface area contributed by atoms with E-state index in [0.29, 0.717) is 11.7 Å². The fraction of sp³-hybridized carbons (Fsp3) is 0.211. The van der Waals surface area contributed by atoms with Gasteiger partial charge in [0.25, 0.3) is 0 Å². The number of rotatable bonds is 5. The first-order valence-electron chi connectivity index (χ1n) is 7.96. The van der Waals surface area contributed by atoms with Crippen molar-refractivity contribution in [3.05, 3.63) is 54.5 Å². The molecule has 0 aliphatic heterocycles. The van der Waals surface area contributed by atoms with Crippen LogP contribution in [-0.2, 0) is 4.74 Å². The summed E-state index contributed by atoms with van der Waals surface area (Å²) < 4.78 is 11.0. The molecule has 6 heteroatoms. The Kier molecular flexibility index (Phi) is 4.79. The lowest BCUT2D eigenvalue weighted by Gasteiger charge is -2.12. The Labute approximate surface area is 146 Å². The molecule has 2 aromatic heterocycles. The van der Waals surface area contributed by atoms with Gasteiger partial charge in [0, 0.05) is 43.3 Å². The average Bonchev–Trinajstić information content (AvgIpc) is 3.08. The number of esters is 1. The summed E-state index contributed by atoms with van der Waals surface area (Å²) in [5.41, 5.74) is 2.74. The zero-order valence-electron chi connectivity index (χ0n) is 14.4. The van der Waals surface area contributed by atoms with Crippen molar-refractivity contribution in [2.45, 2.75) is 6.92 Å². The lowest BCUT2D eigenvalue weighted by Crippen LogP contribution is -2.08. The van der Waals surface area contributed by atoms with E-state index in [1.54, 1.807) is 31.5 Å². The van der Waals surface area contributed by atoms with Gasteiger partial charge in [-0.3, -0.25) is 4.98 Å². The first kappa shape index (κ1) is 16.7. The maximum Gasteiger partial charge on any atom is 0.361 e. The van der Waals surface area contributed by atoms with Crippen molar-refractivity contribution in [3.63, 3.8) is 0 Å². The summed E-state index contributed by atoms with van der Waals surface area (Å²) in [6, 6.07) is 11.3. The van der Waals surface area contributed by atoms with Crippen molar-refractivity contribution in [2.75, 3.05) is 25.6 Å². The van der Waals surface area contributed by atoms with Gasteiger partial charge in [-0.25, -0.2) is 9.78 Å². The van der Waals surface area contributed by atoms with Crippen LogP contribution >= 0.6 is 0 Å². The fourth-order valence-electron chi connectivity index (χ4n) is 2.38. The minimum absolute atomic E-state index is 0.172. The Morgan fingerprint density at radius 1 is 1.08 bits per heavy atom. The van der Waals surface area contributed by atoms with Crippen LogP contribution in [0.2, 0.25) is 0 Å². The van der Waals surface area contributed by atoms with Gasteiger partial charge < -0.3 is 14.1 Å². The molecule has 6 nitrogen and oxygen atoms in total. The van der Waals surface area contributed by atoms with Gasteiger partial charge in [-0.15, -0.1) is 0 Å². The van der Waals surface area contributed by atoms with Crippen LogP contribution in [0.15, 0.2) is 53.2 Å². The summed E-state index contributed by atoms with van der Waals surface area (Å²) in [7, 11) is 3.93. The lowest BCUT2D eigenvalue weighted by molar-refractivity contribution is 0.0520. The van der Waals surface area contributed by atoms with Crippen LogP contribution in [-0.4, -0.2) is 36.6 Å². The van der Waals surface area contributed by atoms with E-state index in [1.807, 2.05) is 43.3 Å². The smallest absolute Gasteiger partial charge is 0.361 e. The van der Waals surface area contributed by atoms with Gasteiger partial charge in [-0.1, -0.05) is 0 Å². The number of carbonyl (C=O) groups excluding carboxylic acids is 1. The minimum Gasteiger partial charge on any atom is -0.461 e. The summed E-state index contributed by atoms with van der Waals surface area (Å²) in [5.74, 6) is 0.256. The third-order valence-corrected chi connectivity index (χ3v) is 3.67. The van der Waals surface area contributed by atoms with Crippen LogP contribution in [0.5, 0.6) is 0 Å². The molecule has 0 saturated carbocycles. The summed E-state index contributed by atoms with van der Waals surface area (Å²) >= 11 is 0. The Morgan fingerprint density at radius 2 is 1.76 bits per heavy atom. The second kappa shape index (κ2) is 7.17. The molecule has 0 saturated heterocycles. The molecule has 0 spiro atoms. The molecule has 1 aromatic carbocycles. The fourth-order valence-corrected chi connectivity index (χ4v) is 2.38. The highest BCUT2D eigenvalue weighted by atomic mass is 16.5. The molecule has 128 valence electrons. The summed E-state index contributed by atoms with van der Waals surface area (Å²) in [5, 5.41) is 0. The number of hydrogen-bond donors (Lipinski definition) is 0. The Hall–Kier alpha value is -3.15. The van der Waals surface area contributed by atoms with Crippen LogP contribution in [0.3, 0.4) is 0 Å². The number of pyridine rings is 1. The Bertz CT molecular complexity index is 855. The number of oxazole rings is 1. The molecule has 3 rings (SSSR count). The van der Waals surface area contributed by atoms with Crippen molar-refractivity contribution >= 4 is 11.7 Å². The van der Waals surface area contributed by atoms with Crippen molar-refractivity contribution < 1.29 is 13.9 Å². The molecular formula is C19H19N3O3. The number of carbonyl (C=O) groups is 1. The first-order chi connectivity index (χ1) is 12.1. The van der Waals surface area contributed by atoms with E-state index < -0.39 is 5.97 Å². The van der Waals surface area contributed by atoms with E-state index >= 15 is 0 Å². The van der Waals surface area contributed by atoms with E-state index in [0.717, 1.165) is 16.8 Å². The molecule has 0 fully saturated rings. The maximum atomic E-state index is 12.3. The predicted octanol–water partition coefficient (Wildman–Crippen LogP) is 3.65. The van der Waals surface area contributed by atoms with Gasteiger partial charge in [0.2, 0.25) is 5.89 Å². The molecule has 0 unspecified atom stereocenters. The van der Waals surface area contributed by atoms with E-state index in [4.69, 9.17) is 9.15 Å². The minimum atomic E-state index is -0.502. The molecule has 0 aliphatic rings. The third kappa shape index (κ3) is 3.52. The average molecular weight is 337 g/mol. The molecule has 0 atom stereocenters. The van der Waals surface area contributed by atoms with Gasteiger partial charge >= 0.3 is 5.97 Å². The molecule has 0 bridgehead atoms. The van der Waals surface area contributed by atoms with E-state index in [9.17, 15) is 4.79 Å². The van der Waals surface area contributed by atoms with E-state index in [1.165, 1.54) is 0 Å². The number of aromatic nitrogens is 2. The largest absolute Gasteiger partial charge is 0.461 e. The number of ether oxygens (including phenoxy) is 1. The SMILES string of the molecule is CCOC(=O)c1nc(-c2ccncc2)oc1-c1ccc(N(C)C)cc1. The highest BCUT2D eigenvalue weighted by Crippen LogP contribution is 2.31. The maximum absolute atomic E-state index is 12.3. The van der Waals surface area contributed by atoms with Crippen LogP contribution < -0.4 is 4.90 Å². The molecule has 0 amide bonds. The molecule has 0 radical (unpaired) electrons. The quantitative estimate of drug-likeness (QED) is 0.662. The Balaban J connectivity index is 2.07. The van der Waals surface area contributed by atoms with Crippen molar-refractivity contribution in [1.29, 1.82) is 0 Å². The molecule has 3 aromatic rings. The molecular weight excluding hydrogens is 318 g/mol. The van der Waals surface area contributed by atoms with Gasteiger partial charge in [-0.05, 0) is 43.3 Å². The van der Waals surface area contributed by atoms with Gasteiger partial charge in [0.05, 0.1) is 6.61 Å². The van der Waals surface area contributed by atoms with Crippen molar-refractivity contribution in [2.24, 2.45) is 0 Å². The van der Waals surface area contributed by atoms with E-state index in [-0.39, 0.29) is 12.3 Å². The normalized spacial score (nSPS) is 10.5. The summed E-state index contributed by atoms with van der Waals surface area (Å²) in [6.45, 7) is 2.03. The highest BCUT2D eigenvalue weighted by molar-refractivity contribution is 5.94. The summed E-state index contributed by atoms with van der Waals surface area (Å²) in [6.07, 6.45) is 3.30. The van der Waals surface area contributed by atoms with Gasteiger partial charge in [0.15, 0.2) is 11.5 Å². The van der Waals surface area contributed by atoms with Crippen LogP contribution in [0, 0.1) is 0 Å². The highest BCUT2D eigenvalue weighted by Gasteiger charge is 2.23. The van der Waals surface area contributed by atoms with Crippen LogP contribution in [0.25, 0.3) is 22.8 Å². The zero-order valence-corrected chi connectivity index (χ0v) is 14.4. The second-order valence-corrected chi connectivity index (χ2v) is 5.59. The molecule has 0 aliphatic carbocycles. The Morgan fingerprint density at radius 3 is 2.36 bits per heavy atom. The molecule has 2 heterocycles. The predicted molar refractivity (Wildman–Crippen MR) is 95.5 cm³/mol. The number of nitrogens with zero attached hydrogens (tertiary/aromatic N) is 3. The van der Waals surface area contributed by atoms with E-state index in [2.05, 4.69) is 9.97 Å². The second-order valence-electron chi connectivity index (χ2n) is 5.59. The van der Waals surface area contributed by atoms with Gasteiger partial charge in [0.1, 0.15) is 0 Å². The number of anilines is 1. The standard InChI is InChI=1S/C19H19N3O3/c1-4-24-19(23)16-17(13-5-7-15(8-6-13)22(2)3)25-18(21-16)14-9-11-20-12-10-14/h5-12H,4H2,1-3H3. The first-order valence-corrected chi connectivity index (χ1v) is 7.96. The third-order valence-electron chi connectivity index (χ3n) is 3.67. The number of benzene rings is 1. The zero-order chi connectivity index (χ0) is 17.8. The van der Waals surface area contributed by atoms with Crippen molar-refractivity contribution in [1.82, 2.24) is 9.97 Å².